The average Bonchev–Trinajstić information content (AvgIpc) is 2.80. The van der Waals surface area contributed by atoms with E-state index in [1.54, 1.807) is 6.07 Å². The number of nitrogens with zero attached hydrogens (tertiary/aromatic N) is 2. The Kier molecular flexibility index (Phi) is 3.05. The average molecular weight is 271 g/mol. The van der Waals surface area contributed by atoms with Gasteiger partial charge in [-0.1, -0.05) is 23.7 Å². The first-order valence-electron chi connectivity index (χ1n) is 5.92. The SMILES string of the molecule is O=Cc1cccn2cc(Cc3cccc(Cl)c3)nc12. The molecule has 3 rings (SSSR count). The molecule has 0 aliphatic carbocycles. The van der Waals surface area contributed by atoms with E-state index in [1.165, 1.54) is 0 Å². The maximum Gasteiger partial charge on any atom is 0.153 e. The van der Waals surface area contributed by atoms with Gasteiger partial charge in [-0.25, -0.2) is 4.98 Å². The number of halogens is 1. The van der Waals surface area contributed by atoms with Crippen molar-refractivity contribution < 1.29 is 4.79 Å². The van der Waals surface area contributed by atoms with Gasteiger partial charge in [-0.05, 0) is 29.8 Å². The van der Waals surface area contributed by atoms with Crippen LogP contribution in [0, 0.1) is 0 Å². The molecule has 2 heterocycles. The molecule has 0 amide bonds. The highest BCUT2D eigenvalue weighted by Crippen LogP contribution is 2.16. The second kappa shape index (κ2) is 4.86. The number of hydrogen-bond donors (Lipinski definition) is 0. The molecule has 0 bridgehead atoms. The molecule has 0 fully saturated rings. The van der Waals surface area contributed by atoms with Gasteiger partial charge in [0.1, 0.15) is 5.65 Å². The van der Waals surface area contributed by atoms with E-state index in [2.05, 4.69) is 4.98 Å². The van der Waals surface area contributed by atoms with Gasteiger partial charge in [0, 0.05) is 23.8 Å². The number of hydrogen-bond acceptors (Lipinski definition) is 2. The van der Waals surface area contributed by atoms with Crippen LogP contribution in [-0.2, 0) is 6.42 Å². The van der Waals surface area contributed by atoms with Crippen LogP contribution in [-0.4, -0.2) is 15.7 Å². The van der Waals surface area contributed by atoms with Crippen molar-refractivity contribution in [2.75, 3.05) is 0 Å². The summed E-state index contributed by atoms with van der Waals surface area (Å²) in [5.74, 6) is 0. The highest BCUT2D eigenvalue weighted by molar-refractivity contribution is 6.30. The van der Waals surface area contributed by atoms with Crippen LogP contribution in [0.2, 0.25) is 5.02 Å². The molecule has 2 aromatic heterocycles. The Morgan fingerprint density at radius 3 is 2.95 bits per heavy atom. The maximum absolute atomic E-state index is 11.0. The van der Waals surface area contributed by atoms with Gasteiger partial charge in [0.2, 0.25) is 0 Å². The highest BCUT2D eigenvalue weighted by atomic mass is 35.5. The molecule has 0 saturated heterocycles. The first-order chi connectivity index (χ1) is 9.26. The zero-order valence-electron chi connectivity index (χ0n) is 10.1. The van der Waals surface area contributed by atoms with Gasteiger partial charge in [0.15, 0.2) is 6.29 Å². The standard InChI is InChI=1S/C15H11ClN2O/c16-13-5-1-3-11(7-13)8-14-9-18-6-2-4-12(10-19)15(18)17-14/h1-7,9-10H,8H2. The second-order valence-corrected chi connectivity index (χ2v) is 4.79. The van der Waals surface area contributed by atoms with Crippen molar-refractivity contribution in [1.29, 1.82) is 0 Å². The summed E-state index contributed by atoms with van der Waals surface area (Å²) in [5.41, 5.74) is 3.30. The van der Waals surface area contributed by atoms with Crippen LogP contribution >= 0.6 is 11.6 Å². The molecule has 0 atom stereocenters. The van der Waals surface area contributed by atoms with Crippen LogP contribution in [0.5, 0.6) is 0 Å². The van der Waals surface area contributed by atoms with Crippen molar-refractivity contribution in [2.45, 2.75) is 6.42 Å². The predicted molar refractivity (Wildman–Crippen MR) is 74.8 cm³/mol. The lowest BCUT2D eigenvalue weighted by molar-refractivity contribution is 0.112. The lowest BCUT2D eigenvalue weighted by atomic mass is 10.1. The highest BCUT2D eigenvalue weighted by Gasteiger charge is 2.06. The van der Waals surface area contributed by atoms with Crippen LogP contribution < -0.4 is 0 Å². The van der Waals surface area contributed by atoms with Crippen molar-refractivity contribution in [1.82, 2.24) is 9.38 Å². The third-order valence-electron chi connectivity index (χ3n) is 2.96. The summed E-state index contributed by atoms with van der Waals surface area (Å²) in [4.78, 5) is 15.5. The van der Waals surface area contributed by atoms with Crippen LogP contribution in [0.4, 0.5) is 0 Å². The largest absolute Gasteiger partial charge is 0.306 e. The Hall–Kier alpha value is -2.13. The van der Waals surface area contributed by atoms with Crippen molar-refractivity contribution in [3.05, 3.63) is 70.6 Å². The topological polar surface area (TPSA) is 34.4 Å². The fourth-order valence-electron chi connectivity index (χ4n) is 2.12. The third kappa shape index (κ3) is 2.37. The number of aldehydes is 1. The quantitative estimate of drug-likeness (QED) is 0.684. The number of carbonyl (C=O) groups is 1. The van der Waals surface area contributed by atoms with Crippen molar-refractivity contribution in [2.24, 2.45) is 0 Å². The Labute approximate surface area is 115 Å². The van der Waals surface area contributed by atoms with Crippen molar-refractivity contribution >= 4 is 23.5 Å². The van der Waals surface area contributed by atoms with E-state index < -0.39 is 0 Å². The molecular formula is C15H11ClN2O. The Balaban J connectivity index is 2.00. The molecule has 94 valence electrons. The van der Waals surface area contributed by atoms with E-state index in [4.69, 9.17) is 11.6 Å². The smallest absolute Gasteiger partial charge is 0.153 e. The fraction of sp³-hybridized carbons (Fsp3) is 0.0667. The first kappa shape index (κ1) is 11.9. The molecule has 4 heteroatoms. The zero-order valence-corrected chi connectivity index (χ0v) is 10.8. The van der Waals surface area contributed by atoms with Gasteiger partial charge < -0.3 is 4.40 Å². The molecule has 0 aliphatic heterocycles. The van der Waals surface area contributed by atoms with E-state index >= 15 is 0 Å². The maximum atomic E-state index is 11.0. The molecule has 0 aliphatic rings. The van der Waals surface area contributed by atoms with E-state index in [9.17, 15) is 4.79 Å². The van der Waals surface area contributed by atoms with Crippen LogP contribution in [0.15, 0.2) is 48.8 Å². The summed E-state index contributed by atoms with van der Waals surface area (Å²) in [6.07, 6.45) is 5.34. The van der Waals surface area contributed by atoms with Crippen molar-refractivity contribution in [3.8, 4) is 0 Å². The number of imidazole rings is 1. The second-order valence-electron chi connectivity index (χ2n) is 4.35. The summed E-state index contributed by atoms with van der Waals surface area (Å²) >= 11 is 5.97. The van der Waals surface area contributed by atoms with Crippen LogP contribution in [0.1, 0.15) is 21.6 Å². The molecule has 0 radical (unpaired) electrons. The van der Waals surface area contributed by atoms with Gasteiger partial charge in [-0.2, -0.15) is 0 Å². The minimum Gasteiger partial charge on any atom is -0.306 e. The molecule has 0 N–H and O–H groups in total. The lowest BCUT2D eigenvalue weighted by Gasteiger charge is -1.98. The van der Waals surface area contributed by atoms with Gasteiger partial charge in [0.05, 0.1) is 11.3 Å². The molecular weight excluding hydrogens is 260 g/mol. The Morgan fingerprint density at radius 2 is 2.16 bits per heavy atom. The number of pyridine rings is 1. The van der Waals surface area contributed by atoms with E-state index in [1.807, 2.05) is 47.1 Å². The van der Waals surface area contributed by atoms with Gasteiger partial charge in [-0.3, -0.25) is 4.79 Å². The summed E-state index contributed by atoms with van der Waals surface area (Å²) < 4.78 is 1.86. The summed E-state index contributed by atoms with van der Waals surface area (Å²) in [5, 5.41) is 0.717. The van der Waals surface area contributed by atoms with E-state index in [0.717, 1.165) is 22.6 Å². The predicted octanol–water partition coefficient (Wildman–Crippen LogP) is 3.39. The molecule has 3 aromatic rings. The first-order valence-corrected chi connectivity index (χ1v) is 6.30. The van der Waals surface area contributed by atoms with Gasteiger partial charge >= 0.3 is 0 Å². The zero-order chi connectivity index (χ0) is 13.2. The Bertz CT molecular complexity index is 749. The number of aromatic nitrogens is 2. The summed E-state index contributed by atoms with van der Waals surface area (Å²) in [6.45, 7) is 0. The molecule has 3 nitrogen and oxygen atoms in total. The fourth-order valence-corrected chi connectivity index (χ4v) is 2.33. The van der Waals surface area contributed by atoms with Crippen LogP contribution in [0.3, 0.4) is 0 Å². The van der Waals surface area contributed by atoms with Crippen molar-refractivity contribution in [3.63, 3.8) is 0 Å². The lowest BCUT2D eigenvalue weighted by Crippen LogP contribution is -1.89. The number of rotatable bonds is 3. The summed E-state index contributed by atoms with van der Waals surface area (Å²) in [6, 6.07) is 11.3. The minimum absolute atomic E-state index is 0.597. The Morgan fingerprint density at radius 1 is 1.26 bits per heavy atom. The number of fused-ring (bicyclic) bond motifs is 1. The minimum atomic E-state index is 0.597. The van der Waals surface area contributed by atoms with E-state index in [-0.39, 0.29) is 0 Å². The molecule has 1 aromatic carbocycles. The number of benzene rings is 1. The third-order valence-corrected chi connectivity index (χ3v) is 3.20. The monoisotopic (exact) mass is 270 g/mol. The molecule has 0 spiro atoms. The summed E-state index contributed by atoms with van der Waals surface area (Å²) in [7, 11) is 0. The molecule has 0 saturated carbocycles. The molecule has 0 unspecified atom stereocenters. The molecule has 19 heavy (non-hydrogen) atoms. The van der Waals surface area contributed by atoms with Gasteiger partial charge in [-0.15, -0.1) is 0 Å². The normalized spacial score (nSPS) is 10.8. The van der Waals surface area contributed by atoms with Gasteiger partial charge in [0.25, 0.3) is 0 Å². The van der Waals surface area contributed by atoms with Crippen LogP contribution in [0.25, 0.3) is 5.65 Å². The number of carbonyl (C=O) groups excluding carboxylic acids is 1. The van der Waals surface area contributed by atoms with E-state index in [0.29, 0.717) is 17.6 Å².